The van der Waals surface area contributed by atoms with Crippen molar-refractivity contribution in [3.63, 3.8) is 0 Å². The zero-order chi connectivity index (χ0) is 18.5. The SMILES string of the molecule is N#Cc1ccc(N2C(=O)C3(CCC3)N(c3ccc(F)cc3)C2=S)cc1Cl. The number of benzene rings is 2. The average molecular weight is 386 g/mol. The summed E-state index contributed by atoms with van der Waals surface area (Å²) < 4.78 is 13.3. The summed E-state index contributed by atoms with van der Waals surface area (Å²) in [7, 11) is 0. The highest BCUT2D eigenvalue weighted by molar-refractivity contribution is 7.81. The maximum Gasteiger partial charge on any atom is 0.259 e. The molecule has 1 saturated carbocycles. The standard InChI is InChI=1S/C19H13ClFN3OS/c20-16-10-15(5-2-12(16)11-22)23-17(25)19(8-1-9-19)24(18(23)26)14-6-3-13(21)4-7-14/h2-7,10H,1,8-9H2. The van der Waals surface area contributed by atoms with Crippen LogP contribution in [0.15, 0.2) is 42.5 Å². The summed E-state index contributed by atoms with van der Waals surface area (Å²) in [6.07, 6.45) is 2.29. The van der Waals surface area contributed by atoms with Crippen molar-refractivity contribution in [1.82, 2.24) is 0 Å². The Morgan fingerprint density at radius 3 is 2.35 bits per heavy atom. The molecule has 26 heavy (non-hydrogen) atoms. The van der Waals surface area contributed by atoms with E-state index < -0.39 is 5.54 Å². The van der Waals surface area contributed by atoms with Crippen LogP contribution in [0.3, 0.4) is 0 Å². The van der Waals surface area contributed by atoms with Crippen molar-refractivity contribution < 1.29 is 9.18 Å². The van der Waals surface area contributed by atoms with Gasteiger partial charge in [0, 0.05) is 5.69 Å². The van der Waals surface area contributed by atoms with Crippen molar-refractivity contribution >= 4 is 46.2 Å². The number of rotatable bonds is 2. The number of hydrogen-bond donors (Lipinski definition) is 0. The van der Waals surface area contributed by atoms with Gasteiger partial charge in [0.25, 0.3) is 5.91 Å². The lowest BCUT2D eigenvalue weighted by atomic mass is 9.75. The van der Waals surface area contributed by atoms with E-state index in [0.717, 1.165) is 6.42 Å². The second-order valence-corrected chi connectivity index (χ2v) is 7.17. The molecule has 1 heterocycles. The number of nitriles is 1. The summed E-state index contributed by atoms with van der Waals surface area (Å²) in [5, 5.41) is 9.64. The number of anilines is 2. The highest BCUT2D eigenvalue weighted by Crippen LogP contribution is 2.47. The summed E-state index contributed by atoms with van der Waals surface area (Å²) in [5.41, 5.74) is 0.822. The molecule has 0 aromatic heterocycles. The Morgan fingerprint density at radius 2 is 1.81 bits per heavy atom. The Kier molecular flexibility index (Phi) is 3.94. The van der Waals surface area contributed by atoms with Crippen molar-refractivity contribution in [2.75, 3.05) is 9.80 Å². The average Bonchev–Trinajstić information content (AvgIpc) is 2.83. The predicted octanol–water partition coefficient (Wildman–Crippen LogP) is 4.41. The summed E-state index contributed by atoms with van der Waals surface area (Å²) in [5.74, 6) is -0.456. The van der Waals surface area contributed by atoms with E-state index in [1.54, 1.807) is 30.3 Å². The smallest absolute Gasteiger partial charge is 0.259 e. The van der Waals surface area contributed by atoms with Crippen LogP contribution < -0.4 is 9.80 Å². The summed E-state index contributed by atoms with van der Waals surface area (Å²) in [6, 6.07) is 12.8. The van der Waals surface area contributed by atoms with Crippen LogP contribution in [-0.2, 0) is 4.79 Å². The van der Waals surface area contributed by atoms with Gasteiger partial charge < -0.3 is 4.90 Å². The van der Waals surface area contributed by atoms with Crippen molar-refractivity contribution in [2.24, 2.45) is 0 Å². The highest BCUT2D eigenvalue weighted by Gasteiger charge is 2.59. The van der Waals surface area contributed by atoms with Crippen molar-refractivity contribution in [2.45, 2.75) is 24.8 Å². The largest absolute Gasteiger partial charge is 0.303 e. The van der Waals surface area contributed by atoms with E-state index in [2.05, 4.69) is 0 Å². The van der Waals surface area contributed by atoms with E-state index >= 15 is 0 Å². The van der Waals surface area contributed by atoms with Gasteiger partial charge >= 0.3 is 0 Å². The fourth-order valence-corrected chi connectivity index (χ4v) is 4.22. The van der Waals surface area contributed by atoms with E-state index in [1.165, 1.54) is 17.0 Å². The zero-order valence-electron chi connectivity index (χ0n) is 13.6. The molecule has 2 aliphatic rings. The maximum atomic E-state index is 13.3. The third kappa shape index (κ3) is 2.32. The molecule has 0 N–H and O–H groups in total. The Morgan fingerprint density at radius 1 is 1.15 bits per heavy atom. The van der Waals surface area contributed by atoms with Crippen LogP contribution in [0, 0.1) is 17.1 Å². The number of nitrogens with zero attached hydrogens (tertiary/aromatic N) is 3. The maximum absolute atomic E-state index is 13.3. The van der Waals surface area contributed by atoms with E-state index in [4.69, 9.17) is 29.1 Å². The molecular formula is C19H13ClFN3OS. The third-order valence-corrected chi connectivity index (χ3v) is 5.69. The van der Waals surface area contributed by atoms with Crippen LogP contribution in [0.2, 0.25) is 5.02 Å². The van der Waals surface area contributed by atoms with Gasteiger partial charge in [0.1, 0.15) is 17.4 Å². The summed E-state index contributed by atoms with van der Waals surface area (Å²) in [4.78, 5) is 16.5. The monoisotopic (exact) mass is 385 g/mol. The van der Waals surface area contributed by atoms with Gasteiger partial charge in [0.15, 0.2) is 5.11 Å². The molecule has 7 heteroatoms. The van der Waals surface area contributed by atoms with Gasteiger partial charge in [-0.05, 0) is 73.9 Å². The Labute approximate surface area is 160 Å². The first-order chi connectivity index (χ1) is 12.5. The summed E-state index contributed by atoms with van der Waals surface area (Å²) in [6.45, 7) is 0. The fourth-order valence-electron chi connectivity index (χ4n) is 3.53. The molecule has 1 saturated heterocycles. The molecule has 4 rings (SSSR count). The number of hydrogen-bond acceptors (Lipinski definition) is 3. The molecule has 0 radical (unpaired) electrons. The van der Waals surface area contributed by atoms with Gasteiger partial charge in [0.2, 0.25) is 0 Å². The van der Waals surface area contributed by atoms with Gasteiger partial charge in [-0.1, -0.05) is 11.6 Å². The van der Waals surface area contributed by atoms with Crippen molar-refractivity contribution in [1.29, 1.82) is 5.26 Å². The number of carbonyl (C=O) groups is 1. The topological polar surface area (TPSA) is 47.3 Å². The van der Waals surface area contributed by atoms with Crippen LogP contribution in [0.4, 0.5) is 15.8 Å². The molecule has 1 aliphatic carbocycles. The molecule has 1 aliphatic heterocycles. The predicted molar refractivity (Wildman–Crippen MR) is 102 cm³/mol. The minimum Gasteiger partial charge on any atom is -0.303 e. The van der Waals surface area contributed by atoms with E-state index in [0.29, 0.717) is 34.9 Å². The van der Waals surface area contributed by atoms with Crippen molar-refractivity contribution in [3.8, 4) is 6.07 Å². The number of thiocarbonyl (C=S) groups is 1. The van der Waals surface area contributed by atoms with Crippen LogP contribution in [0.25, 0.3) is 0 Å². The van der Waals surface area contributed by atoms with Crippen LogP contribution in [0.5, 0.6) is 0 Å². The minimum atomic E-state index is -0.727. The fraction of sp³-hybridized carbons (Fsp3) is 0.211. The van der Waals surface area contributed by atoms with Gasteiger partial charge in [0.05, 0.1) is 16.3 Å². The Bertz CT molecular complexity index is 966. The normalized spacial score (nSPS) is 18.2. The number of amides is 1. The second kappa shape index (κ2) is 6.04. The zero-order valence-corrected chi connectivity index (χ0v) is 15.1. The van der Waals surface area contributed by atoms with Crippen LogP contribution >= 0.6 is 23.8 Å². The first-order valence-corrected chi connectivity index (χ1v) is 8.90. The van der Waals surface area contributed by atoms with Crippen LogP contribution in [-0.4, -0.2) is 16.6 Å². The lowest BCUT2D eigenvalue weighted by Crippen LogP contribution is -2.55. The highest BCUT2D eigenvalue weighted by atomic mass is 35.5. The lowest BCUT2D eigenvalue weighted by molar-refractivity contribution is -0.123. The number of halogens is 2. The Hall–Kier alpha value is -2.49. The van der Waals surface area contributed by atoms with Crippen LogP contribution in [0.1, 0.15) is 24.8 Å². The van der Waals surface area contributed by atoms with Gasteiger partial charge in [-0.2, -0.15) is 5.26 Å². The quantitative estimate of drug-likeness (QED) is 0.718. The molecule has 0 unspecified atom stereocenters. The van der Waals surface area contributed by atoms with Crippen molar-refractivity contribution in [3.05, 3.63) is 58.9 Å². The molecule has 4 nitrogen and oxygen atoms in total. The first kappa shape index (κ1) is 17.0. The molecule has 1 amide bonds. The molecule has 2 aromatic carbocycles. The lowest BCUT2D eigenvalue weighted by Gasteiger charge is -2.43. The van der Waals surface area contributed by atoms with Gasteiger partial charge in [-0.15, -0.1) is 0 Å². The molecule has 130 valence electrons. The first-order valence-electron chi connectivity index (χ1n) is 8.12. The van der Waals surface area contributed by atoms with Gasteiger partial charge in [-0.3, -0.25) is 9.69 Å². The molecule has 0 bridgehead atoms. The summed E-state index contributed by atoms with van der Waals surface area (Å²) >= 11 is 11.8. The molecule has 1 spiro atoms. The molecule has 0 atom stereocenters. The molecular weight excluding hydrogens is 373 g/mol. The minimum absolute atomic E-state index is 0.112. The van der Waals surface area contributed by atoms with E-state index in [9.17, 15) is 9.18 Å². The van der Waals surface area contributed by atoms with E-state index in [-0.39, 0.29) is 16.7 Å². The number of carbonyl (C=O) groups excluding carboxylic acids is 1. The van der Waals surface area contributed by atoms with Gasteiger partial charge in [-0.25, -0.2) is 4.39 Å². The Balaban J connectivity index is 1.80. The molecule has 2 aromatic rings. The third-order valence-electron chi connectivity index (χ3n) is 5.01. The van der Waals surface area contributed by atoms with E-state index in [1.807, 2.05) is 11.0 Å². The second-order valence-electron chi connectivity index (χ2n) is 6.40. The molecule has 2 fully saturated rings.